The second kappa shape index (κ2) is 10.8. The van der Waals surface area contributed by atoms with Crippen LogP contribution in [0.15, 0.2) is 168 Å². The average molecular weight is 694 g/mol. The summed E-state index contributed by atoms with van der Waals surface area (Å²) in [5.41, 5.74) is 8.72. The van der Waals surface area contributed by atoms with Crippen LogP contribution in [0.2, 0.25) is 0 Å². The Balaban J connectivity index is 1.11. The quantitative estimate of drug-likeness (QED) is 0.185. The van der Waals surface area contributed by atoms with Crippen LogP contribution in [-0.2, 0) is 0 Å². The third-order valence-electron chi connectivity index (χ3n) is 10.8. The van der Waals surface area contributed by atoms with E-state index in [0.717, 1.165) is 39.0 Å². The summed E-state index contributed by atoms with van der Waals surface area (Å²) in [6.45, 7) is 0. The van der Waals surface area contributed by atoms with Crippen molar-refractivity contribution in [2.75, 3.05) is 0 Å². The lowest BCUT2D eigenvalue weighted by atomic mass is 10.00. The van der Waals surface area contributed by atoms with Gasteiger partial charge in [0.05, 0.1) is 11.0 Å². The topological polar surface area (TPSA) is 43.9 Å². The van der Waals surface area contributed by atoms with E-state index < -0.39 is 0 Å². The molecular weight excluding hydrogens is 667 g/mol. The maximum absolute atomic E-state index is 6.40. The van der Waals surface area contributed by atoms with Gasteiger partial charge in [-0.05, 0) is 64.0 Å². The number of benzene rings is 8. The smallest absolute Gasteiger partial charge is 0.180 e. The first-order chi connectivity index (χ1) is 26.3. The summed E-state index contributed by atoms with van der Waals surface area (Å²) < 4.78 is 11.3. The van der Waals surface area contributed by atoms with Crippen molar-refractivity contribution < 1.29 is 4.42 Å². The highest BCUT2D eigenvalue weighted by Gasteiger charge is 2.22. The first-order valence-corrected chi connectivity index (χ1v) is 18.6. The maximum atomic E-state index is 6.40. The van der Waals surface area contributed by atoms with E-state index in [1.54, 1.807) is 0 Å². The van der Waals surface area contributed by atoms with Crippen LogP contribution in [0.3, 0.4) is 0 Å². The summed E-state index contributed by atoms with van der Waals surface area (Å²) in [5.74, 6) is 0.693. The lowest BCUT2D eigenvalue weighted by Crippen LogP contribution is -1.94. The van der Waals surface area contributed by atoms with Gasteiger partial charge in [-0.15, -0.1) is 11.3 Å². The zero-order valence-corrected chi connectivity index (χ0v) is 29.1. The molecule has 0 unspecified atom stereocenters. The summed E-state index contributed by atoms with van der Waals surface area (Å²) in [7, 11) is 0. The van der Waals surface area contributed by atoms with Crippen LogP contribution in [0.1, 0.15) is 0 Å². The monoisotopic (exact) mass is 693 g/mol. The Hall–Kier alpha value is -6.82. The van der Waals surface area contributed by atoms with Gasteiger partial charge in [0.25, 0.3) is 0 Å². The second-order valence-corrected chi connectivity index (χ2v) is 14.8. The molecule has 4 nitrogen and oxygen atoms in total. The Bertz CT molecular complexity index is 3370. The predicted molar refractivity (Wildman–Crippen MR) is 222 cm³/mol. The molecule has 0 aliphatic heterocycles. The van der Waals surface area contributed by atoms with Gasteiger partial charge in [0.15, 0.2) is 11.4 Å². The van der Waals surface area contributed by atoms with E-state index in [9.17, 15) is 0 Å². The van der Waals surface area contributed by atoms with Crippen molar-refractivity contribution in [3.63, 3.8) is 0 Å². The SMILES string of the molecule is c1ccc(-c2nc(-c3cccc4sc5cc(-n6c7ccc8ccccc8c7c7c8ccccc8ccc76)ccc5c34)nc3c2oc2ccccc23)cc1. The highest BCUT2D eigenvalue weighted by Crippen LogP contribution is 2.44. The molecule has 0 saturated heterocycles. The van der Waals surface area contributed by atoms with Crippen LogP contribution < -0.4 is 0 Å². The molecule has 0 aliphatic carbocycles. The van der Waals surface area contributed by atoms with E-state index in [1.165, 1.54) is 63.5 Å². The molecule has 246 valence electrons. The van der Waals surface area contributed by atoms with Gasteiger partial charge in [0.2, 0.25) is 0 Å². The summed E-state index contributed by atoms with van der Waals surface area (Å²) in [6.07, 6.45) is 0. The molecule has 5 heteroatoms. The summed E-state index contributed by atoms with van der Waals surface area (Å²) in [5, 5.41) is 11.0. The van der Waals surface area contributed by atoms with Gasteiger partial charge in [-0.1, -0.05) is 121 Å². The Labute approximate surface area is 306 Å². The van der Waals surface area contributed by atoms with E-state index in [0.29, 0.717) is 11.4 Å². The summed E-state index contributed by atoms with van der Waals surface area (Å²) in [6, 6.07) is 58.4. The maximum Gasteiger partial charge on any atom is 0.180 e. The molecule has 0 bridgehead atoms. The molecule has 0 aliphatic rings. The number of rotatable bonds is 3. The number of nitrogens with zero attached hydrogens (tertiary/aromatic N) is 3. The number of hydrogen-bond donors (Lipinski definition) is 0. The number of para-hydroxylation sites is 1. The van der Waals surface area contributed by atoms with E-state index in [1.807, 2.05) is 47.7 Å². The van der Waals surface area contributed by atoms with Gasteiger partial charge < -0.3 is 8.98 Å². The standard InChI is InChI=1S/C48H27N3OS/c1-2-13-30(14-3-1)45-47-46(34-17-8-9-19-39(34)52-47)50-48(49-45)36-18-10-20-40-42(36)35-24-23-31(27-41(35)53-40)51-37-25-21-28-11-4-6-15-32(28)43(37)44-33-16-7-5-12-29(33)22-26-38(44)51/h1-27H. The summed E-state index contributed by atoms with van der Waals surface area (Å²) in [4.78, 5) is 10.5. The minimum absolute atomic E-state index is 0.693. The van der Waals surface area contributed by atoms with Crippen molar-refractivity contribution in [3.8, 4) is 28.3 Å². The highest BCUT2D eigenvalue weighted by molar-refractivity contribution is 7.26. The minimum Gasteiger partial charge on any atom is -0.452 e. The van der Waals surface area contributed by atoms with E-state index in [2.05, 4.69) is 132 Å². The van der Waals surface area contributed by atoms with Gasteiger partial charge in [0.1, 0.15) is 16.8 Å². The largest absolute Gasteiger partial charge is 0.452 e. The van der Waals surface area contributed by atoms with Gasteiger partial charge >= 0.3 is 0 Å². The normalized spacial score (nSPS) is 12.2. The molecule has 0 N–H and O–H groups in total. The zero-order valence-electron chi connectivity index (χ0n) is 28.2. The number of furan rings is 1. The van der Waals surface area contributed by atoms with Crippen molar-refractivity contribution in [1.29, 1.82) is 0 Å². The second-order valence-electron chi connectivity index (χ2n) is 13.7. The molecule has 0 spiro atoms. The number of aromatic nitrogens is 3. The summed E-state index contributed by atoms with van der Waals surface area (Å²) >= 11 is 1.82. The predicted octanol–water partition coefficient (Wildman–Crippen LogP) is 13.5. The van der Waals surface area contributed by atoms with Crippen molar-refractivity contribution in [3.05, 3.63) is 164 Å². The Morgan fingerprint density at radius 3 is 1.92 bits per heavy atom. The first-order valence-electron chi connectivity index (χ1n) is 17.8. The fourth-order valence-corrected chi connectivity index (χ4v) is 9.63. The molecule has 0 radical (unpaired) electrons. The van der Waals surface area contributed by atoms with Gasteiger partial charge in [-0.25, -0.2) is 9.97 Å². The lowest BCUT2D eigenvalue weighted by Gasteiger charge is -2.10. The highest BCUT2D eigenvalue weighted by atomic mass is 32.1. The van der Waals surface area contributed by atoms with Crippen LogP contribution in [0.4, 0.5) is 0 Å². The Morgan fingerprint density at radius 1 is 0.491 bits per heavy atom. The average Bonchev–Trinajstić information content (AvgIpc) is 3.90. The first kappa shape index (κ1) is 28.8. The van der Waals surface area contributed by atoms with Crippen molar-refractivity contribution in [2.45, 2.75) is 0 Å². The van der Waals surface area contributed by atoms with Crippen molar-refractivity contribution in [2.24, 2.45) is 0 Å². The molecule has 12 rings (SSSR count). The molecule has 4 aromatic heterocycles. The van der Waals surface area contributed by atoms with Crippen LogP contribution in [-0.4, -0.2) is 14.5 Å². The zero-order chi connectivity index (χ0) is 34.6. The Kier molecular flexibility index (Phi) is 5.90. The van der Waals surface area contributed by atoms with Crippen LogP contribution >= 0.6 is 11.3 Å². The number of fused-ring (bicyclic) bond motifs is 13. The molecule has 4 heterocycles. The molecule has 0 fully saturated rings. The fraction of sp³-hybridized carbons (Fsp3) is 0. The van der Waals surface area contributed by atoms with Gasteiger partial charge in [0, 0.05) is 53.1 Å². The molecule has 12 aromatic rings. The van der Waals surface area contributed by atoms with E-state index in [-0.39, 0.29) is 0 Å². The van der Waals surface area contributed by atoms with Crippen molar-refractivity contribution in [1.82, 2.24) is 14.5 Å². The molecule has 0 atom stereocenters. The molecule has 0 amide bonds. The third kappa shape index (κ3) is 4.11. The van der Waals surface area contributed by atoms with Gasteiger partial charge in [-0.2, -0.15) is 0 Å². The van der Waals surface area contributed by atoms with Gasteiger partial charge in [-0.3, -0.25) is 0 Å². The third-order valence-corrected chi connectivity index (χ3v) is 11.9. The van der Waals surface area contributed by atoms with Crippen LogP contribution in [0.5, 0.6) is 0 Å². The van der Waals surface area contributed by atoms with Crippen molar-refractivity contribution >= 4 is 96.9 Å². The van der Waals surface area contributed by atoms with Crippen LogP contribution in [0.25, 0.3) is 114 Å². The Morgan fingerprint density at radius 2 is 1.17 bits per heavy atom. The number of thiophene rings is 1. The number of hydrogen-bond acceptors (Lipinski definition) is 4. The molecule has 53 heavy (non-hydrogen) atoms. The van der Waals surface area contributed by atoms with E-state index >= 15 is 0 Å². The minimum atomic E-state index is 0.693. The lowest BCUT2D eigenvalue weighted by molar-refractivity contribution is 0.667. The molecule has 8 aromatic carbocycles. The molecule has 0 saturated carbocycles. The fourth-order valence-electron chi connectivity index (χ4n) is 8.47. The van der Waals surface area contributed by atoms with Crippen LogP contribution in [0, 0.1) is 0 Å². The van der Waals surface area contributed by atoms with E-state index in [4.69, 9.17) is 14.4 Å². The molecular formula is C48H27N3OS.